The van der Waals surface area contributed by atoms with Crippen molar-refractivity contribution in [2.75, 3.05) is 33.9 Å². The smallest absolute Gasteiger partial charge is 0.226 e. The molecule has 5 heteroatoms. The Hall–Kier alpha value is -1.59. The Balaban J connectivity index is 1.79. The number of fused-ring (bicyclic) bond motifs is 1. The molecule has 2 atom stereocenters. The minimum Gasteiger partial charge on any atom is -0.497 e. The Kier molecular flexibility index (Phi) is 3.81. The first kappa shape index (κ1) is 15.9. The van der Waals surface area contributed by atoms with E-state index >= 15 is 0 Å². The number of methoxy groups -OCH3 is 1. The third-order valence-electron chi connectivity index (χ3n) is 6.09. The van der Waals surface area contributed by atoms with Gasteiger partial charge in [-0.3, -0.25) is 4.79 Å². The molecule has 2 saturated heterocycles. The molecule has 3 aliphatic rings. The SMILES string of the molecule is COc1cccc([C@]23CCN(C)C(=O)[C@@H]2CCC2(C3)OCCO2)c1. The summed E-state index contributed by atoms with van der Waals surface area (Å²) in [5.41, 5.74) is 0.937. The van der Waals surface area contributed by atoms with Gasteiger partial charge in [-0.1, -0.05) is 12.1 Å². The highest BCUT2D eigenvalue weighted by molar-refractivity contribution is 5.82. The minimum atomic E-state index is -0.518. The number of nitrogens with zero attached hydrogens (tertiary/aromatic N) is 1. The lowest BCUT2D eigenvalue weighted by Crippen LogP contribution is -2.58. The van der Waals surface area contributed by atoms with E-state index in [2.05, 4.69) is 12.1 Å². The standard InChI is InChI=1S/C19H25NO4/c1-20-9-8-18(14-4-3-5-15(12-14)22-2)13-19(23-10-11-24-19)7-6-16(18)17(20)21/h3-5,12,16H,6-11,13H2,1-2H3/t16-,18+/m0/s1. The zero-order valence-electron chi connectivity index (χ0n) is 14.4. The molecule has 1 aromatic carbocycles. The maximum atomic E-state index is 12.9. The van der Waals surface area contributed by atoms with Crippen molar-refractivity contribution in [2.45, 2.75) is 36.9 Å². The molecule has 4 rings (SSSR count). The van der Waals surface area contributed by atoms with Crippen molar-refractivity contribution >= 4 is 5.91 Å². The number of hydrogen-bond acceptors (Lipinski definition) is 4. The highest BCUT2D eigenvalue weighted by atomic mass is 16.7. The molecule has 0 radical (unpaired) electrons. The monoisotopic (exact) mass is 331 g/mol. The molecular formula is C19H25NO4. The summed E-state index contributed by atoms with van der Waals surface area (Å²) in [6.45, 7) is 2.06. The Morgan fingerprint density at radius 2 is 2.04 bits per heavy atom. The molecule has 0 N–H and O–H groups in total. The highest BCUT2D eigenvalue weighted by Gasteiger charge is 2.58. The number of hydrogen-bond donors (Lipinski definition) is 0. The Bertz CT molecular complexity index is 640. The summed E-state index contributed by atoms with van der Waals surface area (Å²) >= 11 is 0. The van der Waals surface area contributed by atoms with Crippen LogP contribution in [-0.4, -0.2) is 50.5 Å². The van der Waals surface area contributed by atoms with Crippen molar-refractivity contribution in [2.24, 2.45) is 5.92 Å². The van der Waals surface area contributed by atoms with E-state index in [4.69, 9.17) is 14.2 Å². The van der Waals surface area contributed by atoms with Crippen molar-refractivity contribution in [3.63, 3.8) is 0 Å². The number of rotatable bonds is 2. The van der Waals surface area contributed by atoms with Crippen LogP contribution in [0.4, 0.5) is 0 Å². The number of ether oxygens (including phenoxy) is 3. The van der Waals surface area contributed by atoms with Crippen molar-refractivity contribution < 1.29 is 19.0 Å². The number of piperidine rings is 1. The van der Waals surface area contributed by atoms with Gasteiger partial charge in [-0.05, 0) is 30.5 Å². The fraction of sp³-hybridized carbons (Fsp3) is 0.632. The topological polar surface area (TPSA) is 48.0 Å². The summed E-state index contributed by atoms with van der Waals surface area (Å²) in [7, 11) is 3.59. The average Bonchev–Trinajstić information content (AvgIpc) is 3.06. The summed E-state index contributed by atoms with van der Waals surface area (Å²) in [4.78, 5) is 14.8. The molecule has 0 unspecified atom stereocenters. The lowest BCUT2D eigenvalue weighted by Gasteiger charge is -2.53. The van der Waals surface area contributed by atoms with E-state index in [0.29, 0.717) is 13.2 Å². The number of likely N-dealkylation sites (tertiary alicyclic amines) is 1. The predicted molar refractivity (Wildman–Crippen MR) is 88.9 cm³/mol. The summed E-state index contributed by atoms with van der Waals surface area (Å²) in [6, 6.07) is 8.18. The van der Waals surface area contributed by atoms with Crippen LogP contribution < -0.4 is 4.74 Å². The van der Waals surface area contributed by atoms with E-state index in [1.54, 1.807) is 7.11 Å². The lowest BCUT2D eigenvalue weighted by molar-refractivity contribution is -0.207. The molecule has 0 bridgehead atoms. The molecule has 24 heavy (non-hydrogen) atoms. The summed E-state index contributed by atoms with van der Waals surface area (Å²) in [5.74, 6) is 0.550. The van der Waals surface area contributed by atoms with Crippen LogP contribution in [0.25, 0.3) is 0 Å². The van der Waals surface area contributed by atoms with Gasteiger partial charge in [0.05, 0.1) is 20.3 Å². The van der Waals surface area contributed by atoms with Crippen LogP contribution >= 0.6 is 0 Å². The molecule has 1 spiro atoms. The minimum absolute atomic E-state index is 0.0122. The van der Waals surface area contributed by atoms with Gasteiger partial charge in [0.1, 0.15) is 5.75 Å². The van der Waals surface area contributed by atoms with Crippen LogP contribution in [0.1, 0.15) is 31.2 Å². The number of carbonyl (C=O) groups excluding carboxylic acids is 1. The second-order valence-corrected chi connectivity index (χ2v) is 7.27. The Morgan fingerprint density at radius 1 is 1.25 bits per heavy atom. The van der Waals surface area contributed by atoms with E-state index < -0.39 is 5.79 Å². The van der Waals surface area contributed by atoms with Crippen LogP contribution in [0.3, 0.4) is 0 Å². The van der Waals surface area contributed by atoms with E-state index in [-0.39, 0.29) is 17.2 Å². The first-order valence-electron chi connectivity index (χ1n) is 8.76. The quantitative estimate of drug-likeness (QED) is 0.835. The van der Waals surface area contributed by atoms with E-state index in [0.717, 1.165) is 38.0 Å². The predicted octanol–water partition coefficient (Wildman–Crippen LogP) is 2.34. The fourth-order valence-corrected chi connectivity index (χ4v) is 4.82. The van der Waals surface area contributed by atoms with Gasteiger partial charge in [-0.2, -0.15) is 0 Å². The molecule has 0 aromatic heterocycles. The first-order valence-corrected chi connectivity index (χ1v) is 8.76. The van der Waals surface area contributed by atoms with Gasteiger partial charge in [0.15, 0.2) is 5.79 Å². The molecule has 1 amide bonds. The lowest BCUT2D eigenvalue weighted by atomic mass is 9.57. The van der Waals surface area contributed by atoms with E-state index in [1.165, 1.54) is 5.56 Å². The Morgan fingerprint density at radius 3 is 2.79 bits per heavy atom. The zero-order valence-corrected chi connectivity index (χ0v) is 14.4. The fourth-order valence-electron chi connectivity index (χ4n) is 4.82. The van der Waals surface area contributed by atoms with Crippen LogP contribution in [0, 0.1) is 5.92 Å². The van der Waals surface area contributed by atoms with Crippen molar-refractivity contribution in [1.29, 1.82) is 0 Å². The molecule has 130 valence electrons. The van der Waals surface area contributed by atoms with Gasteiger partial charge in [0.25, 0.3) is 0 Å². The van der Waals surface area contributed by atoms with Crippen molar-refractivity contribution in [3.8, 4) is 5.75 Å². The molecule has 2 heterocycles. The van der Waals surface area contributed by atoms with Crippen LogP contribution in [0.2, 0.25) is 0 Å². The molecule has 1 aliphatic carbocycles. The van der Waals surface area contributed by atoms with Gasteiger partial charge in [-0.25, -0.2) is 0 Å². The maximum Gasteiger partial charge on any atom is 0.226 e. The third kappa shape index (κ3) is 2.33. The number of benzene rings is 1. The second kappa shape index (κ2) is 5.74. The largest absolute Gasteiger partial charge is 0.497 e. The van der Waals surface area contributed by atoms with Crippen molar-refractivity contribution in [3.05, 3.63) is 29.8 Å². The van der Waals surface area contributed by atoms with Gasteiger partial charge >= 0.3 is 0 Å². The Labute approximate surface area is 142 Å². The van der Waals surface area contributed by atoms with Gasteiger partial charge in [-0.15, -0.1) is 0 Å². The normalized spacial score (nSPS) is 32.0. The van der Waals surface area contributed by atoms with Gasteiger partial charge in [0.2, 0.25) is 5.91 Å². The third-order valence-corrected chi connectivity index (χ3v) is 6.09. The highest BCUT2D eigenvalue weighted by Crippen LogP contribution is 2.54. The van der Waals surface area contributed by atoms with Gasteiger partial charge < -0.3 is 19.1 Å². The summed E-state index contributed by atoms with van der Waals surface area (Å²) in [5, 5.41) is 0. The van der Waals surface area contributed by atoms with Crippen LogP contribution in [0.5, 0.6) is 5.75 Å². The number of carbonyl (C=O) groups is 1. The molecule has 3 fully saturated rings. The second-order valence-electron chi connectivity index (χ2n) is 7.27. The molecular weight excluding hydrogens is 306 g/mol. The van der Waals surface area contributed by atoms with E-state index in [9.17, 15) is 4.79 Å². The van der Waals surface area contributed by atoms with Crippen LogP contribution in [-0.2, 0) is 19.7 Å². The molecule has 1 aromatic rings. The number of amides is 1. The average molecular weight is 331 g/mol. The summed E-state index contributed by atoms with van der Waals surface area (Å²) in [6.07, 6.45) is 3.28. The first-order chi connectivity index (χ1) is 11.6. The maximum absolute atomic E-state index is 12.9. The van der Waals surface area contributed by atoms with Crippen LogP contribution in [0.15, 0.2) is 24.3 Å². The zero-order chi connectivity index (χ0) is 16.8. The van der Waals surface area contributed by atoms with Gasteiger partial charge in [0, 0.05) is 37.8 Å². The van der Waals surface area contributed by atoms with E-state index in [1.807, 2.05) is 24.1 Å². The molecule has 5 nitrogen and oxygen atoms in total. The van der Waals surface area contributed by atoms with Crippen molar-refractivity contribution in [1.82, 2.24) is 4.90 Å². The summed E-state index contributed by atoms with van der Waals surface area (Å²) < 4.78 is 17.5. The molecule has 1 saturated carbocycles. The molecule has 2 aliphatic heterocycles.